The predicted octanol–water partition coefficient (Wildman–Crippen LogP) is 1.31. The number of esters is 1. The van der Waals surface area contributed by atoms with Crippen LogP contribution in [0, 0.1) is 17.3 Å². The van der Waals surface area contributed by atoms with Crippen molar-refractivity contribution < 1.29 is 19.4 Å². The van der Waals surface area contributed by atoms with Crippen molar-refractivity contribution in [1.82, 2.24) is 0 Å². The van der Waals surface area contributed by atoms with E-state index >= 15 is 0 Å². The second-order valence-corrected chi connectivity index (χ2v) is 5.10. The number of ether oxygens (including phenoxy) is 1. The molecule has 0 aliphatic rings. The molecule has 0 amide bonds. The SMILES string of the molecule is COC(=O)CC(=O)C(C)(C)CC#CC(C)(C)O. The Labute approximate surface area is 102 Å². The maximum Gasteiger partial charge on any atom is 0.313 e. The van der Waals surface area contributed by atoms with Crippen molar-refractivity contribution in [2.75, 3.05) is 7.11 Å². The zero-order chi connectivity index (χ0) is 13.7. The highest BCUT2D eigenvalue weighted by Gasteiger charge is 2.28. The predicted molar refractivity (Wildman–Crippen MR) is 64.1 cm³/mol. The van der Waals surface area contributed by atoms with Gasteiger partial charge in [-0.3, -0.25) is 9.59 Å². The molecule has 0 spiro atoms. The number of hydrogen-bond donors (Lipinski definition) is 1. The van der Waals surface area contributed by atoms with Gasteiger partial charge in [0.05, 0.1) is 7.11 Å². The van der Waals surface area contributed by atoms with E-state index in [1.54, 1.807) is 27.7 Å². The summed E-state index contributed by atoms with van der Waals surface area (Å²) in [6.45, 7) is 6.58. The molecule has 0 radical (unpaired) electrons. The molecule has 0 bridgehead atoms. The van der Waals surface area contributed by atoms with Crippen molar-refractivity contribution in [3.8, 4) is 11.8 Å². The van der Waals surface area contributed by atoms with E-state index in [1.807, 2.05) is 0 Å². The Hall–Kier alpha value is -1.34. The highest BCUT2D eigenvalue weighted by Crippen LogP contribution is 2.23. The monoisotopic (exact) mass is 240 g/mol. The molecular formula is C13H20O4. The molecule has 1 N–H and O–H groups in total. The highest BCUT2D eigenvalue weighted by atomic mass is 16.5. The van der Waals surface area contributed by atoms with Crippen LogP contribution < -0.4 is 0 Å². The average molecular weight is 240 g/mol. The first-order chi connectivity index (χ1) is 7.58. The quantitative estimate of drug-likeness (QED) is 0.457. The van der Waals surface area contributed by atoms with Gasteiger partial charge in [0.2, 0.25) is 0 Å². The van der Waals surface area contributed by atoms with Gasteiger partial charge in [0, 0.05) is 11.8 Å². The van der Waals surface area contributed by atoms with Gasteiger partial charge >= 0.3 is 5.97 Å². The molecule has 0 saturated carbocycles. The first-order valence-corrected chi connectivity index (χ1v) is 5.41. The molecule has 0 saturated heterocycles. The van der Waals surface area contributed by atoms with Crippen LogP contribution in [0.2, 0.25) is 0 Å². The second kappa shape index (κ2) is 5.83. The van der Waals surface area contributed by atoms with E-state index in [0.29, 0.717) is 6.42 Å². The normalized spacial score (nSPS) is 11.4. The zero-order valence-electron chi connectivity index (χ0n) is 11.1. The molecule has 0 heterocycles. The van der Waals surface area contributed by atoms with Crippen LogP contribution in [0.25, 0.3) is 0 Å². The lowest BCUT2D eigenvalue weighted by molar-refractivity contribution is -0.145. The standard InChI is InChI=1S/C13H20O4/c1-12(2,7-6-8-13(3,4)16)10(14)9-11(15)17-5/h16H,7,9H2,1-5H3. The first kappa shape index (κ1) is 15.7. The smallest absolute Gasteiger partial charge is 0.313 e. The van der Waals surface area contributed by atoms with Crippen LogP contribution in [0.4, 0.5) is 0 Å². The van der Waals surface area contributed by atoms with E-state index < -0.39 is 17.0 Å². The third kappa shape index (κ3) is 6.75. The topological polar surface area (TPSA) is 63.6 Å². The van der Waals surface area contributed by atoms with Crippen LogP contribution in [-0.2, 0) is 14.3 Å². The minimum absolute atomic E-state index is 0.214. The molecule has 0 rings (SSSR count). The molecular weight excluding hydrogens is 220 g/mol. The van der Waals surface area contributed by atoms with E-state index in [9.17, 15) is 14.7 Å². The Balaban J connectivity index is 4.51. The number of hydrogen-bond acceptors (Lipinski definition) is 4. The van der Waals surface area contributed by atoms with Crippen LogP contribution in [-0.4, -0.2) is 29.6 Å². The summed E-state index contributed by atoms with van der Waals surface area (Å²) < 4.78 is 4.44. The van der Waals surface area contributed by atoms with Crippen molar-refractivity contribution in [2.24, 2.45) is 5.41 Å². The molecule has 96 valence electrons. The van der Waals surface area contributed by atoms with E-state index in [0.717, 1.165) is 0 Å². The molecule has 0 aromatic carbocycles. The van der Waals surface area contributed by atoms with Crippen molar-refractivity contribution in [2.45, 2.75) is 46.1 Å². The number of carbonyl (C=O) groups excluding carboxylic acids is 2. The summed E-state index contributed by atoms with van der Waals surface area (Å²) in [5.74, 6) is 4.65. The third-order valence-corrected chi connectivity index (χ3v) is 2.21. The summed E-state index contributed by atoms with van der Waals surface area (Å²) in [7, 11) is 1.25. The summed E-state index contributed by atoms with van der Waals surface area (Å²) in [5.41, 5.74) is -1.78. The third-order valence-electron chi connectivity index (χ3n) is 2.21. The largest absolute Gasteiger partial charge is 0.469 e. The fourth-order valence-electron chi connectivity index (χ4n) is 1.02. The van der Waals surface area contributed by atoms with Crippen LogP contribution in [0.5, 0.6) is 0 Å². The van der Waals surface area contributed by atoms with Crippen LogP contribution in [0.15, 0.2) is 0 Å². The lowest BCUT2D eigenvalue weighted by Crippen LogP contribution is -2.26. The summed E-state index contributed by atoms with van der Waals surface area (Å²) in [6.07, 6.45) is 0.0561. The van der Waals surface area contributed by atoms with E-state index in [-0.39, 0.29) is 12.2 Å². The van der Waals surface area contributed by atoms with Gasteiger partial charge in [0.1, 0.15) is 12.0 Å². The summed E-state index contributed by atoms with van der Waals surface area (Å²) in [5, 5.41) is 9.40. The number of ketones is 1. The minimum Gasteiger partial charge on any atom is -0.469 e. The Morgan fingerprint density at radius 3 is 2.18 bits per heavy atom. The number of aliphatic hydroxyl groups is 1. The van der Waals surface area contributed by atoms with Crippen molar-refractivity contribution in [3.05, 3.63) is 0 Å². The molecule has 4 heteroatoms. The van der Waals surface area contributed by atoms with Crippen LogP contribution in [0.1, 0.15) is 40.5 Å². The fraction of sp³-hybridized carbons (Fsp3) is 0.692. The second-order valence-electron chi connectivity index (χ2n) is 5.10. The molecule has 17 heavy (non-hydrogen) atoms. The van der Waals surface area contributed by atoms with E-state index in [1.165, 1.54) is 7.11 Å². The van der Waals surface area contributed by atoms with Gasteiger partial charge in [0.15, 0.2) is 5.78 Å². The molecule has 0 aliphatic heterocycles. The molecule has 0 unspecified atom stereocenters. The van der Waals surface area contributed by atoms with Crippen molar-refractivity contribution in [1.29, 1.82) is 0 Å². The van der Waals surface area contributed by atoms with Gasteiger partial charge in [-0.1, -0.05) is 25.7 Å². The molecule has 0 aromatic rings. The maximum atomic E-state index is 11.8. The highest BCUT2D eigenvalue weighted by molar-refractivity contribution is 5.98. The first-order valence-electron chi connectivity index (χ1n) is 5.41. The zero-order valence-corrected chi connectivity index (χ0v) is 11.1. The van der Waals surface area contributed by atoms with Gasteiger partial charge in [-0.05, 0) is 13.8 Å². The summed E-state index contributed by atoms with van der Waals surface area (Å²) >= 11 is 0. The summed E-state index contributed by atoms with van der Waals surface area (Å²) in [6, 6.07) is 0. The molecule has 0 aliphatic carbocycles. The number of rotatable bonds is 4. The molecule has 0 aromatic heterocycles. The molecule has 0 fully saturated rings. The maximum absolute atomic E-state index is 11.8. The van der Waals surface area contributed by atoms with Gasteiger partial charge < -0.3 is 9.84 Å². The minimum atomic E-state index is -1.07. The van der Waals surface area contributed by atoms with Crippen LogP contribution in [0.3, 0.4) is 0 Å². The Morgan fingerprint density at radius 1 is 1.24 bits per heavy atom. The summed E-state index contributed by atoms with van der Waals surface area (Å²) in [4.78, 5) is 22.7. The Bertz CT molecular complexity index is 350. The van der Waals surface area contributed by atoms with Crippen molar-refractivity contribution in [3.63, 3.8) is 0 Å². The lowest BCUT2D eigenvalue weighted by Gasteiger charge is -2.19. The number of methoxy groups -OCH3 is 1. The average Bonchev–Trinajstić information content (AvgIpc) is 2.14. The van der Waals surface area contributed by atoms with Gasteiger partial charge in [0.25, 0.3) is 0 Å². The van der Waals surface area contributed by atoms with E-state index in [2.05, 4.69) is 16.6 Å². The van der Waals surface area contributed by atoms with Gasteiger partial charge in [-0.25, -0.2) is 0 Å². The number of carbonyl (C=O) groups is 2. The van der Waals surface area contributed by atoms with Crippen LogP contribution >= 0.6 is 0 Å². The lowest BCUT2D eigenvalue weighted by atomic mass is 9.83. The Morgan fingerprint density at radius 2 is 1.76 bits per heavy atom. The van der Waals surface area contributed by atoms with Gasteiger partial charge in [-0.15, -0.1) is 0 Å². The fourth-order valence-corrected chi connectivity index (χ4v) is 1.02. The van der Waals surface area contributed by atoms with Gasteiger partial charge in [-0.2, -0.15) is 0 Å². The number of Topliss-reactive ketones (excluding diaryl/α,β-unsaturated/α-hetero) is 1. The Kier molecular flexibility index (Phi) is 5.37. The van der Waals surface area contributed by atoms with E-state index in [4.69, 9.17) is 0 Å². The van der Waals surface area contributed by atoms with Crippen molar-refractivity contribution >= 4 is 11.8 Å². The molecule has 4 nitrogen and oxygen atoms in total. The molecule has 0 atom stereocenters.